The van der Waals surface area contributed by atoms with Crippen molar-refractivity contribution < 1.29 is 14.6 Å². The number of hydrogen-bond donors (Lipinski definition) is 1. The fourth-order valence-electron chi connectivity index (χ4n) is 3.46. The van der Waals surface area contributed by atoms with Crippen molar-refractivity contribution in [2.45, 2.75) is 38.8 Å². The molecule has 1 N–H and O–H groups in total. The van der Waals surface area contributed by atoms with Gasteiger partial charge in [0.2, 0.25) is 0 Å². The average molecular weight is 512 g/mol. The van der Waals surface area contributed by atoms with E-state index in [9.17, 15) is 5.11 Å². The Hall–Kier alpha value is -1.92. The highest BCUT2D eigenvalue weighted by molar-refractivity contribution is 6.37. The zero-order valence-electron chi connectivity index (χ0n) is 19.0. The van der Waals surface area contributed by atoms with Crippen molar-refractivity contribution in [2.24, 2.45) is 5.92 Å². The number of nitrogens with zero attached hydrogens (tertiary/aromatic N) is 2. The van der Waals surface area contributed by atoms with Gasteiger partial charge < -0.3 is 19.1 Å². The van der Waals surface area contributed by atoms with Crippen molar-refractivity contribution in [3.8, 4) is 11.5 Å². The molecule has 1 aromatic heterocycles. The standard InChI is InChI=1S/C25H29Cl3N2O3/c1-17(13-30-9-8-29-16-30)14-32-21-6-4-18(5-7-21)25(2,3)19-10-22(27)24(23(28)11-19)33-15-20(31)12-26/h4-11,16-17,20,31H,12-15H2,1-3H3. The summed E-state index contributed by atoms with van der Waals surface area (Å²) in [5.41, 5.74) is 1.69. The topological polar surface area (TPSA) is 56.5 Å². The molecule has 0 saturated carbocycles. The summed E-state index contributed by atoms with van der Waals surface area (Å²) >= 11 is 18.5. The fourth-order valence-corrected chi connectivity index (χ4v) is 4.15. The monoisotopic (exact) mass is 510 g/mol. The van der Waals surface area contributed by atoms with Gasteiger partial charge in [0.25, 0.3) is 0 Å². The Balaban J connectivity index is 1.67. The van der Waals surface area contributed by atoms with Gasteiger partial charge in [0.15, 0.2) is 5.75 Å². The van der Waals surface area contributed by atoms with Gasteiger partial charge in [0, 0.05) is 30.3 Å². The summed E-state index contributed by atoms with van der Waals surface area (Å²) in [5.74, 6) is 1.59. The SMILES string of the molecule is CC(COc1ccc(C(C)(C)c2cc(Cl)c(OCC(O)CCl)c(Cl)c2)cc1)Cn1ccnc1. The molecule has 0 aliphatic carbocycles. The molecular weight excluding hydrogens is 483 g/mol. The molecular formula is C25H29Cl3N2O3. The predicted molar refractivity (Wildman–Crippen MR) is 134 cm³/mol. The smallest absolute Gasteiger partial charge is 0.156 e. The number of aromatic nitrogens is 2. The second kappa shape index (κ2) is 11.5. The molecule has 3 aromatic rings. The molecule has 0 amide bonds. The summed E-state index contributed by atoms with van der Waals surface area (Å²) in [4.78, 5) is 4.07. The maximum atomic E-state index is 9.62. The molecule has 2 aromatic carbocycles. The zero-order valence-corrected chi connectivity index (χ0v) is 21.2. The lowest BCUT2D eigenvalue weighted by atomic mass is 9.78. The predicted octanol–water partition coefficient (Wildman–Crippen LogP) is 6.21. The Bertz CT molecular complexity index is 1000. The molecule has 0 saturated heterocycles. The number of ether oxygens (including phenoxy) is 2. The first kappa shape index (κ1) is 25.7. The van der Waals surface area contributed by atoms with E-state index in [1.165, 1.54) is 0 Å². The van der Waals surface area contributed by atoms with Gasteiger partial charge in [0.1, 0.15) is 18.5 Å². The van der Waals surface area contributed by atoms with E-state index in [1.54, 1.807) is 6.20 Å². The van der Waals surface area contributed by atoms with E-state index in [0.29, 0.717) is 28.3 Å². The number of benzene rings is 2. The maximum Gasteiger partial charge on any atom is 0.156 e. The van der Waals surface area contributed by atoms with E-state index in [0.717, 1.165) is 23.4 Å². The lowest BCUT2D eigenvalue weighted by Crippen LogP contribution is -2.20. The normalized spacial score (nSPS) is 13.5. The Labute approximate surface area is 210 Å². The first-order valence-electron chi connectivity index (χ1n) is 10.8. The van der Waals surface area contributed by atoms with Crippen LogP contribution >= 0.6 is 34.8 Å². The Morgan fingerprint density at radius 2 is 1.70 bits per heavy atom. The van der Waals surface area contributed by atoms with Crippen LogP contribution in [0.5, 0.6) is 11.5 Å². The van der Waals surface area contributed by atoms with E-state index in [4.69, 9.17) is 44.3 Å². The van der Waals surface area contributed by atoms with E-state index in [2.05, 4.69) is 37.9 Å². The number of imidazole rings is 1. The maximum absolute atomic E-state index is 9.62. The van der Waals surface area contributed by atoms with Crippen LogP contribution in [0.3, 0.4) is 0 Å². The largest absolute Gasteiger partial charge is 0.493 e. The molecule has 178 valence electrons. The molecule has 5 nitrogen and oxygen atoms in total. The van der Waals surface area contributed by atoms with Gasteiger partial charge in [-0.25, -0.2) is 4.98 Å². The van der Waals surface area contributed by atoms with Crippen molar-refractivity contribution in [1.29, 1.82) is 0 Å². The number of halogens is 3. The second-order valence-corrected chi connectivity index (χ2v) is 9.84. The highest BCUT2D eigenvalue weighted by Crippen LogP contribution is 2.40. The van der Waals surface area contributed by atoms with Gasteiger partial charge in [-0.2, -0.15) is 0 Å². The molecule has 0 bridgehead atoms. The summed E-state index contributed by atoms with van der Waals surface area (Å²) in [6.45, 7) is 7.86. The minimum Gasteiger partial charge on any atom is -0.493 e. The minimum absolute atomic E-state index is 0.0219. The number of hydrogen-bond acceptors (Lipinski definition) is 4. The van der Waals surface area contributed by atoms with Gasteiger partial charge in [-0.3, -0.25) is 0 Å². The molecule has 0 aliphatic rings. The Kier molecular flexibility index (Phi) is 8.94. The molecule has 0 spiro atoms. The first-order chi connectivity index (χ1) is 15.7. The van der Waals surface area contributed by atoms with Crippen molar-refractivity contribution in [1.82, 2.24) is 9.55 Å². The van der Waals surface area contributed by atoms with Crippen LogP contribution in [0.1, 0.15) is 31.9 Å². The first-order valence-corrected chi connectivity index (χ1v) is 12.0. The molecule has 0 fully saturated rings. The number of aliphatic hydroxyl groups is 1. The Morgan fingerprint density at radius 3 is 2.27 bits per heavy atom. The number of alkyl halides is 1. The lowest BCUT2D eigenvalue weighted by molar-refractivity contribution is 0.125. The number of aliphatic hydroxyl groups excluding tert-OH is 1. The Morgan fingerprint density at radius 1 is 1.03 bits per heavy atom. The third kappa shape index (κ3) is 6.80. The molecule has 0 aliphatic heterocycles. The van der Waals surface area contributed by atoms with Crippen molar-refractivity contribution in [2.75, 3.05) is 19.1 Å². The van der Waals surface area contributed by atoms with Crippen LogP contribution in [0.4, 0.5) is 0 Å². The van der Waals surface area contributed by atoms with Gasteiger partial charge in [-0.15, -0.1) is 11.6 Å². The van der Waals surface area contributed by atoms with E-state index < -0.39 is 6.10 Å². The lowest BCUT2D eigenvalue weighted by Gasteiger charge is -2.27. The van der Waals surface area contributed by atoms with Gasteiger partial charge in [-0.1, -0.05) is 56.1 Å². The van der Waals surface area contributed by atoms with E-state index in [-0.39, 0.29) is 17.9 Å². The minimum atomic E-state index is -0.787. The molecule has 0 radical (unpaired) electrons. The molecule has 8 heteroatoms. The van der Waals surface area contributed by atoms with Gasteiger partial charge >= 0.3 is 0 Å². The quantitative estimate of drug-likeness (QED) is 0.311. The third-order valence-corrected chi connectivity index (χ3v) is 6.43. The van der Waals surface area contributed by atoms with E-state index >= 15 is 0 Å². The van der Waals surface area contributed by atoms with Gasteiger partial charge in [0.05, 0.1) is 28.9 Å². The number of rotatable bonds is 11. The summed E-state index contributed by atoms with van der Waals surface area (Å²) in [7, 11) is 0. The summed E-state index contributed by atoms with van der Waals surface area (Å²) in [6.07, 6.45) is 4.76. The van der Waals surface area contributed by atoms with Gasteiger partial charge in [-0.05, 0) is 35.4 Å². The molecule has 2 unspecified atom stereocenters. The third-order valence-electron chi connectivity index (χ3n) is 5.51. The second-order valence-electron chi connectivity index (χ2n) is 8.71. The van der Waals surface area contributed by atoms with Crippen molar-refractivity contribution in [3.05, 3.63) is 76.3 Å². The molecule has 33 heavy (non-hydrogen) atoms. The summed E-state index contributed by atoms with van der Waals surface area (Å²) in [5, 5.41) is 10.4. The summed E-state index contributed by atoms with van der Waals surface area (Å²) < 4.78 is 13.6. The highest BCUT2D eigenvalue weighted by Gasteiger charge is 2.26. The highest BCUT2D eigenvalue weighted by atomic mass is 35.5. The summed E-state index contributed by atoms with van der Waals surface area (Å²) in [6, 6.07) is 11.8. The van der Waals surface area contributed by atoms with Crippen LogP contribution in [0.25, 0.3) is 0 Å². The van der Waals surface area contributed by atoms with Crippen LogP contribution in [0, 0.1) is 5.92 Å². The van der Waals surface area contributed by atoms with Crippen LogP contribution in [-0.2, 0) is 12.0 Å². The van der Waals surface area contributed by atoms with E-state index in [1.807, 2.05) is 41.4 Å². The van der Waals surface area contributed by atoms with Crippen molar-refractivity contribution in [3.63, 3.8) is 0 Å². The molecule has 3 rings (SSSR count). The van der Waals surface area contributed by atoms with Crippen LogP contribution in [0.2, 0.25) is 10.0 Å². The van der Waals surface area contributed by atoms with Crippen LogP contribution in [-0.4, -0.2) is 39.9 Å². The average Bonchev–Trinajstić information content (AvgIpc) is 3.30. The fraction of sp³-hybridized carbons (Fsp3) is 0.400. The molecule has 2 atom stereocenters. The molecule has 1 heterocycles. The zero-order chi connectivity index (χ0) is 24.0. The van der Waals surface area contributed by atoms with Crippen molar-refractivity contribution >= 4 is 34.8 Å². The van der Waals surface area contributed by atoms with Crippen LogP contribution in [0.15, 0.2) is 55.1 Å². The van der Waals surface area contributed by atoms with Crippen LogP contribution < -0.4 is 9.47 Å².